The molecule has 8 heteroatoms. The van der Waals surface area contributed by atoms with Gasteiger partial charge in [0.1, 0.15) is 5.75 Å². The van der Waals surface area contributed by atoms with Gasteiger partial charge in [-0.1, -0.05) is 50.2 Å². The Bertz CT molecular complexity index is 1110. The fourth-order valence-electron chi connectivity index (χ4n) is 3.63. The maximum atomic E-state index is 13.2. The fraction of sp³-hybridized carbons (Fsp3) is 0.360. The normalized spacial score (nSPS) is 14.6. The van der Waals surface area contributed by atoms with Gasteiger partial charge in [0.25, 0.3) is 0 Å². The zero-order chi connectivity index (χ0) is 23.2. The number of thioether (sulfide) groups is 1. The molecule has 1 atom stereocenters. The number of nitrogens with zero attached hydrogens (tertiary/aromatic N) is 4. The van der Waals surface area contributed by atoms with Crippen molar-refractivity contribution in [2.45, 2.75) is 51.4 Å². The summed E-state index contributed by atoms with van der Waals surface area (Å²) < 4.78 is 12.0. The van der Waals surface area contributed by atoms with Gasteiger partial charge in [0.2, 0.25) is 23.2 Å². The summed E-state index contributed by atoms with van der Waals surface area (Å²) in [6, 6.07) is 15.3. The van der Waals surface area contributed by atoms with Crippen LogP contribution < -0.4 is 14.4 Å². The van der Waals surface area contributed by atoms with Crippen molar-refractivity contribution in [1.29, 1.82) is 0 Å². The van der Waals surface area contributed by atoms with E-state index in [9.17, 15) is 4.79 Å². The first-order valence-electron chi connectivity index (χ1n) is 11.3. The quantitative estimate of drug-likeness (QED) is 0.314. The number of anilines is 1. The van der Waals surface area contributed by atoms with Crippen molar-refractivity contribution < 1.29 is 14.3 Å². The third-order valence-electron chi connectivity index (χ3n) is 5.29. The SMILES string of the molecule is CCCCSc1nnc2c(n1)O[C@H](c1ccc(OCC)cc1)N(C(=O)CC)c1ccccc1-2. The zero-order valence-electron chi connectivity index (χ0n) is 19.2. The lowest BCUT2D eigenvalue weighted by Crippen LogP contribution is -2.37. The average Bonchev–Trinajstić information content (AvgIpc) is 2.99. The topological polar surface area (TPSA) is 77.4 Å². The van der Waals surface area contributed by atoms with Crippen LogP contribution in [-0.4, -0.2) is 33.4 Å². The van der Waals surface area contributed by atoms with Gasteiger partial charge in [0, 0.05) is 23.3 Å². The third kappa shape index (κ3) is 4.95. The van der Waals surface area contributed by atoms with E-state index in [1.54, 1.807) is 16.7 Å². The van der Waals surface area contributed by atoms with Gasteiger partial charge in [-0.3, -0.25) is 9.69 Å². The molecule has 1 amide bonds. The Kier molecular flexibility index (Phi) is 7.44. The van der Waals surface area contributed by atoms with E-state index in [0.717, 1.165) is 41.2 Å². The summed E-state index contributed by atoms with van der Waals surface area (Å²) in [5.74, 6) is 2.00. The molecule has 2 heterocycles. The lowest BCUT2D eigenvalue weighted by atomic mass is 10.1. The molecule has 1 aromatic heterocycles. The number of benzene rings is 2. The number of para-hydroxylation sites is 1. The number of amides is 1. The molecule has 1 aliphatic rings. The standard InChI is InChI=1S/C25H28N4O3S/c1-4-7-16-33-25-26-23-22(27-28-25)19-10-8-9-11-20(19)29(21(30)5-2)24(32-23)17-12-14-18(15-13-17)31-6-3/h8-15,24H,4-7,16H2,1-3H3/t24-/m1/s1. The van der Waals surface area contributed by atoms with E-state index in [1.165, 1.54) is 0 Å². The van der Waals surface area contributed by atoms with Crippen molar-refractivity contribution in [2.24, 2.45) is 0 Å². The van der Waals surface area contributed by atoms with Crippen molar-refractivity contribution in [2.75, 3.05) is 17.3 Å². The molecule has 2 aromatic carbocycles. The Hall–Kier alpha value is -3.13. The van der Waals surface area contributed by atoms with Crippen LogP contribution in [0, 0.1) is 0 Å². The number of rotatable bonds is 8. The Balaban J connectivity index is 1.82. The summed E-state index contributed by atoms with van der Waals surface area (Å²) >= 11 is 1.56. The van der Waals surface area contributed by atoms with E-state index in [-0.39, 0.29) is 5.91 Å². The number of aromatic nitrogens is 3. The number of carbonyl (C=O) groups is 1. The summed E-state index contributed by atoms with van der Waals surface area (Å²) in [6.45, 7) is 6.53. The van der Waals surface area contributed by atoms with Crippen LogP contribution in [0.5, 0.6) is 11.6 Å². The number of hydrogen-bond donors (Lipinski definition) is 0. The second-order valence-corrected chi connectivity index (χ2v) is 8.62. The van der Waals surface area contributed by atoms with Crippen molar-refractivity contribution in [1.82, 2.24) is 15.2 Å². The predicted molar refractivity (Wildman–Crippen MR) is 130 cm³/mol. The molecule has 0 unspecified atom stereocenters. The molecular formula is C25H28N4O3S. The summed E-state index contributed by atoms with van der Waals surface area (Å²) in [4.78, 5) is 19.6. The highest BCUT2D eigenvalue weighted by Gasteiger charge is 2.35. The molecule has 0 spiro atoms. The molecule has 0 saturated carbocycles. The van der Waals surface area contributed by atoms with E-state index in [4.69, 9.17) is 14.5 Å². The van der Waals surface area contributed by atoms with Gasteiger partial charge < -0.3 is 9.47 Å². The van der Waals surface area contributed by atoms with Gasteiger partial charge >= 0.3 is 0 Å². The molecule has 0 saturated heterocycles. The Labute approximate surface area is 198 Å². The summed E-state index contributed by atoms with van der Waals surface area (Å²) in [7, 11) is 0. The van der Waals surface area contributed by atoms with Gasteiger partial charge in [0.05, 0.1) is 12.3 Å². The minimum Gasteiger partial charge on any atom is -0.494 e. The van der Waals surface area contributed by atoms with Crippen LogP contribution in [0.1, 0.15) is 51.8 Å². The molecule has 0 aliphatic carbocycles. The van der Waals surface area contributed by atoms with Crippen LogP contribution in [-0.2, 0) is 4.79 Å². The van der Waals surface area contributed by atoms with Crippen LogP contribution in [0.25, 0.3) is 11.3 Å². The molecule has 0 radical (unpaired) electrons. The Morgan fingerprint density at radius 1 is 1.09 bits per heavy atom. The van der Waals surface area contributed by atoms with Gasteiger partial charge in [-0.05, 0) is 43.7 Å². The van der Waals surface area contributed by atoms with Crippen LogP contribution in [0.4, 0.5) is 5.69 Å². The van der Waals surface area contributed by atoms with Gasteiger partial charge in [-0.15, -0.1) is 10.2 Å². The molecule has 172 valence electrons. The van der Waals surface area contributed by atoms with Crippen molar-refractivity contribution >= 4 is 23.4 Å². The summed E-state index contributed by atoms with van der Waals surface area (Å²) in [5, 5.41) is 9.37. The minimum atomic E-state index is -0.694. The monoisotopic (exact) mass is 464 g/mol. The minimum absolute atomic E-state index is 0.0559. The first kappa shape index (κ1) is 23.0. The number of carbonyl (C=O) groups excluding carboxylic acids is 1. The highest BCUT2D eigenvalue weighted by molar-refractivity contribution is 7.99. The van der Waals surface area contributed by atoms with E-state index < -0.39 is 6.23 Å². The van der Waals surface area contributed by atoms with E-state index >= 15 is 0 Å². The van der Waals surface area contributed by atoms with Gasteiger partial charge in [-0.2, -0.15) is 4.98 Å². The number of fused-ring (bicyclic) bond motifs is 3. The number of hydrogen-bond acceptors (Lipinski definition) is 7. The highest BCUT2D eigenvalue weighted by Crippen LogP contribution is 2.43. The molecule has 33 heavy (non-hydrogen) atoms. The van der Waals surface area contributed by atoms with Crippen LogP contribution in [0.15, 0.2) is 53.7 Å². The summed E-state index contributed by atoms with van der Waals surface area (Å²) in [6.07, 6.45) is 1.81. The molecular weight excluding hydrogens is 436 g/mol. The molecule has 1 aliphatic heterocycles. The van der Waals surface area contributed by atoms with Crippen LogP contribution in [0.3, 0.4) is 0 Å². The van der Waals surface area contributed by atoms with Crippen molar-refractivity contribution in [3.63, 3.8) is 0 Å². The van der Waals surface area contributed by atoms with Crippen LogP contribution in [0.2, 0.25) is 0 Å². The Morgan fingerprint density at radius 3 is 2.61 bits per heavy atom. The predicted octanol–water partition coefficient (Wildman–Crippen LogP) is 5.66. The first-order chi connectivity index (χ1) is 16.2. The number of ether oxygens (including phenoxy) is 2. The van der Waals surface area contributed by atoms with Crippen molar-refractivity contribution in [3.05, 3.63) is 54.1 Å². The van der Waals surface area contributed by atoms with Crippen molar-refractivity contribution in [3.8, 4) is 22.9 Å². The summed E-state index contributed by atoms with van der Waals surface area (Å²) in [5.41, 5.74) is 2.85. The molecule has 3 aromatic rings. The smallest absolute Gasteiger partial charge is 0.247 e. The molecule has 0 bridgehead atoms. The lowest BCUT2D eigenvalue weighted by Gasteiger charge is -2.30. The molecule has 4 rings (SSSR count). The first-order valence-corrected chi connectivity index (χ1v) is 12.3. The third-order valence-corrected chi connectivity index (χ3v) is 6.21. The second-order valence-electron chi connectivity index (χ2n) is 7.56. The van der Waals surface area contributed by atoms with Gasteiger partial charge in [0.15, 0.2) is 5.69 Å². The maximum absolute atomic E-state index is 13.2. The fourth-order valence-corrected chi connectivity index (χ4v) is 4.50. The largest absolute Gasteiger partial charge is 0.494 e. The molecule has 0 N–H and O–H groups in total. The maximum Gasteiger partial charge on any atom is 0.247 e. The van der Waals surface area contributed by atoms with E-state index in [1.807, 2.05) is 62.4 Å². The van der Waals surface area contributed by atoms with E-state index in [2.05, 4.69) is 17.1 Å². The highest BCUT2D eigenvalue weighted by atomic mass is 32.2. The molecule has 7 nitrogen and oxygen atoms in total. The Morgan fingerprint density at radius 2 is 1.88 bits per heavy atom. The molecule has 0 fully saturated rings. The van der Waals surface area contributed by atoms with E-state index in [0.29, 0.717) is 29.8 Å². The lowest BCUT2D eigenvalue weighted by molar-refractivity contribution is -0.120. The average molecular weight is 465 g/mol. The zero-order valence-corrected chi connectivity index (χ0v) is 20.0. The van der Waals surface area contributed by atoms with Crippen LogP contribution >= 0.6 is 11.8 Å². The van der Waals surface area contributed by atoms with Gasteiger partial charge in [-0.25, -0.2) is 0 Å². The number of unbranched alkanes of at least 4 members (excludes halogenated alkanes) is 1. The second kappa shape index (κ2) is 10.7.